The monoisotopic (exact) mass is 254 g/mol. The molecule has 74 valence electrons. The van der Waals surface area contributed by atoms with E-state index in [0.29, 0.717) is 12.4 Å². The molecule has 0 fully saturated rings. The number of fused-ring (bicyclic) bond motifs is 1. The fourth-order valence-corrected chi connectivity index (χ4v) is 1.57. The predicted molar refractivity (Wildman–Crippen MR) is 59.2 cm³/mol. The first kappa shape index (κ1) is 9.68. The van der Waals surface area contributed by atoms with Gasteiger partial charge < -0.3 is 10.2 Å². The number of hydrogen-bond donors (Lipinski definition) is 1. The Morgan fingerprint density at radius 3 is 3.07 bits per heavy atom. The van der Waals surface area contributed by atoms with Crippen molar-refractivity contribution in [1.29, 1.82) is 0 Å². The molecule has 1 unspecified atom stereocenters. The van der Waals surface area contributed by atoms with Crippen LogP contribution in [0.25, 0.3) is 11.1 Å². The Hall–Kier alpha value is -0.870. The highest BCUT2D eigenvalue weighted by molar-refractivity contribution is 9.10. The van der Waals surface area contributed by atoms with Crippen molar-refractivity contribution in [3.8, 4) is 0 Å². The van der Waals surface area contributed by atoms with Crippen LogP contribution in [0.3, 0.4) is 0 Å². The molecule has 0 radical (unpaired) electrons. The number of nitrogens with two attached hydrogens (primary N) is 1. The van der Waals surface area contributed by atoms with Gasteiger partial charge in [0.25, 0.3) is 0 Å². The van der Waals surface area contributed by atoms with Crippen molar-refractivity contribution in [2.45, 2.75) is 12.8 Å². The van der Waals surface area contributed by atoms with Crippen LogP contribution in [-0.4, -0.2) is 11.5 Å². The summed E-state index contributed by atoms with van der Waals surface area (Å²) in [5.41, 5.74) is 7.23. The van der Waals surface area contributed by atoms with E-state index in [2.05, 4.69) is 20.9 Å². The number of oxazole rings is 1. The number of rotatable bonds is 2. The molecule has 1 aromatic heterocycles. The minimum atomic E-state index is 0.168. The Morgan fingerprint density at radius 1 is 1.57 bits per heavy atom. The Bertz CT molecular complexity index is 452. The zero-order valence-corrected chi connectivity index (χ0v) is 9.41. The molecule has 0 saturated carbocycles. The minimum absolute atomic E-state index is 0.168. The first-order chi connectivity index (χ1) is 6.70. The van der Waals surface area contributed by atoms with Gasteiger partial charge >= 0.3 is 0 Å². The average molecular weight is 255 g/mol. The van der Waals surface area contributed by atoms with E-state index in [1.165, 1.54) is 0 Å². The number of benzene rings is 1. The molecule has 4 heteroatoms. The lowest BCUT2D eigenvalue weighted by molar-refractivity contribution is 0.489. The molecule has 2 N–H and O–H groups in total. The van der Waals surface area contributed by atoms with Gasteiger partial charge in [0.1, 0.15) is 5.52 Å². The SMILES string of the molecule is CC(CN)c1nc2ccc(Br)cc2o1. The zero-order chi connectivity index (χ0) is 10.1. The van der Waals surface area contributed by atoms with Gasteiger partial charge in [-0.25, -0.2) is 4.98 Å². The van der Waals surface area contributed by atoms with Crippen LogP contribution in [0.4, 0.5) is 0 Å². The first-order valence-corrected chi connectivity index (χ1v) is 5.26. The van der Waals surface area contributed by atoms with Crippen molar-refractivity contribution >= 4 is 27.0 Å². The minimum Gasteiger partial charge on any atom is -0.440 e. The third kappa shape index (κ3) is 1.67. The Kier molecular flexibility index (Phi) is 2.56. The number of hydrogen-bond acceptors (Lipinski definition) is 3. The molecule has 2 rings (SSSR count). The van der Waals surface area contributed by atoms with Gasteiger partial charge in [-0.05, 0) is 18.2 Å². The molecule has 0 aliphatic heterocycles. The lowest BCUT2D eigenvalue weighted by Crippen LogP contribution is -2.08. The van der Waals surface area contributed by atoms with E-state index < -0.39 is 0 Å². The second kappa shape index (κ2) is 3.71. The molecule has 0 spiro atoms. The normalized spacial score (nSPS) is 13.4. The van der Waals surface area contributed by atoms with Crippen molar-refractivity contribution in [1.82, 2.24) is 4.98 Å². The predicted octanol–water partition coefficient (Wildman–Crippen LogP) is 2.65. The van der Waals surface area contributed by atoms with Crippen molar-refractivity contribution in [3.05, 3.63) is 28.6 Å². The van der Waals surface area contributed by atoms with Crippen LogP contribution in [0.1, 0.15) is 18.7 Å². The summed E-state index contributed by atoms with van der Waals surface area (Å²) in [6.07, 6.45) is 0. The molecule has 2 aromatic rings. The van der Waals surface area contributed by atoms with Gasteiger partial charge in [0.05, 0.1) is 0 Å². The molecule has 1 aromatic carbocycles. The zero-order valence-electron chi connectivity index (χ0n) is 7.83. The van der Waals surface area contributed by atoms with Crippen LogP contribution in [0.2, 0.25) is 0 Å². The molecule has 3 nitrogen and oxygen atoms in total. The van der Waals surface area contributed by atoms with E-state index in [4.69, 9.17) is 10.2 Å². The highest BCUT2D eigenvalue weighted by Gasteiger charge is 2.11. The van der Waals surface area contributed by atoms with Crippen molar-refractivity contribution < 1.29 is 4.42 Å². The summed E-state index contributed by atoms with van der Waals surface area (Å²) in [6, 6.07) is 5.78. The van der Waals surface area contributed by atoms with Crippen molar-refractivity contribution in [2.75, 3.05) is 6.54 Å². The summed E-state index contributed by atoms with van der Waals surface area (Å²) in [7, 11) is 0. The Balaban J connectivity index is 2.51. The molecule has 0 aliphatic carbocycles. The van der Waals surface area contributed by atoms with Gasteiger partial charge in [-0.1, -0.05) is 22.9 Å². The maximum atomic E-state index is 5.58. The van der Waals surface area contributed by atoms with Gasteiger partial charge in [-0.3, -0.25) is 0 Å². The molecule has 1 atom stereocenters. The first-order valence-electron chi connectivity index (χ1n) is 4.46. The molecule has 14 heavy (non-hydrogen) atoms. The highest BCUT2D eigenvalue weighted by Crippen LogP contribution is 2.23. The van der Waals surface area contributed by atoms with E-state index in [1.54, 1.807) is 0 Å². The summed E-state index contributed by atoms with van der Waals surface area (Å²) >= 11 is 3.38. The fourth-order valence-electron chi connectivity index (χ4n) is 1.23. The van der Waals surface area contributed by atoms with E-state index >= 15 is 0 Å². The van der Waals surface area contributed by atoms with Gasteiger partial charge in [0.15, 0.2) is 11.5 Å². The second-order valence-corrected chi connectivity index (χ2v) is 4.22. The van der Waals surface area contributed by atoms with Crippen LogP contribution in [0, 0.1) is 0 Å². The largest absolute Gasteiger partial charge is 0.440 e. The fraction of sp³-hybridized carbons (Fsp3) is 0.300. The molecule has 0 bridgehead atoms. The molecule has 0 amide bonds. The molecular formula is C10H11BrN2O. The summed E-state index contributed by atoms with van der Waals surface area (Å²) in [5, 5.41) is 0. The maximum absolute atomic E-state index is 5.58. The van der Waals surface area contributed by atoms with E-state index in [1.807, 2.05) is 25.1 Å². The molecule has 0 aliphatic rings. The standard InChI is InChI=1S/C10H11BrN2O/c1-6(5-12)10-13-8-3-2-7(11)4-9(8)14-10/h2-4,6H,5,12H2,1H3. The van der Waals surface area contributed by atoms with Gasteiger partial charge in [-0.15, -0.1) is 0 Å². The third-order valence-corrected chi connectivity index (χ3v) is 2.64. The van der Waals surface area contributed by atoms with Crippen LogP contribution < -0.4 is 5.73 Å². The van der Waals surface area contributed by atoms with Gasteiger partial charge in [-0.2, -0.15) is 0 Å². The van der Waals surface area contributed by atoms with Crippen LogP contribution >= 0.6 is 15.9 Å². The van der Waals surface area contributed by atoms with E-state index in [9.17, 15) is 0 Å². The Morgan fingerprint density at radius 2 is 2.36 bits per heavy atom. The summed E-state index contributed by atoms with van der Waals surface area (Å²) < 4.78 is 6.57. The van der Waals surface area contributed by atoms with Gasteiger partial charge in [0, 0.05) is 16.9 Å². The smallest absolute Gasteiger partial charge is 0.199 e. The lowest BCUT2D eigenvalue weighted by Gasteiger charge is -1.99. The summed E-state index contributed by atoms with van der Waals surface area (Å²) in [5.74, 6) is 0.877. The van der Waals surface area contributed by atoms with Gasteiger partial charge in [0.2, 0.25) is 0 Å². The maximum Gasteiger partial charge on any atom is 0.199 e. The van der Waals surface area contributed by atoms with E-state index in [-0.39, 0.29) is 5.92 Å². The van der Waals surface area contributed by atoms with Crippen LogP contribution in [0.15, 0.2) is 27.1 Å². The topological polar surface area (TPSA) is 52.0 Å². The molecular weight excluding hydrogens is 244 g/mol. The second-order valence-electron chi connectivity index (χ2n) is 3.30. The summed E-state index contributed by atoms with van der Waals surface area (Å²) in [4.78, 5) is 4.36. The Labute approximate surface area is 90.4 Å². The summed E-state index contributed by atoms with van der Waals surface area (Å²) in [6.45, 7) is 2.55. The molecule has 0 saturated heterocycles. The molecule has 1 heterocycles. The average Bonchev–Trinajstić information content (AvgIpc) is 2.59. The van der Waals surface area contributed by atoms with E-state index in [0.717, 1.165) is 15.6 Å². The quantitative estimate of drug-likeness (QED) is 0.897. The number of aromatic nitrogens is 1. The van der Waals surface area contributed by atoms with Crippen molar-refractivity contribution in [3.63, 3.8) is 0 Å². The van der Waals surface area contributed by atoms with Crippen LogP contribution in [0.5, 0.6) is 0 Å². The third-order valence-electron chi connectivity index (χ3n) is 2.14. The van der Waals surface area contributed by atoms with Crippen molar-refractivity contribution in [2.24, 2.45) is 5.73 Å². The lowest BCUT2D eigenvalue weighted by atomic mass is 10.2. The number of halogens is 1. The van der Waals surface area contributed by atoms with Crippen LogP contribution in [-0.2, 0) is 0 Å². The number of nitrogens with zero attached hydrogens (tertiary/aromatic N) is 1. The highest BCUT2D eigenvalue weighted by atomic mass is 79.9.